The first-order chi connectivity index (χ1) is 11.8. The van der Waals surface area contributed by atoms with Crippen LogP contribution in [0, 0.1) is 0 Å². The molecule has 0 radical (unpaired) electrons. The van der Waals surface area contributed by atoms with Crippen LogP contribution in [0.4, 0.5) is 5.69 Å². The van der Waals surface area contributed by atoms with Crippen molar-refractivity contribution in [2.75, 3.05) is 12.4 Å². The van der Waals surface area contributed by atoms with Crippen LogP contribution < -0.4 is 10.1 Å². The van der Waals surface area contributed by atoms with Crippen molar-refractivity contribution in [3.63, 3.8) is 0 Å². The standard InChI is InChI=1S/C21H21NO2/c1-24-19-14-12-18(13-15-19)22-20(16-8-4-2-5-9-16)21(23)17-10-6-3-7-11-17/h2-15,20-23H,1H3/t20-,21-/m0/s1. The number of aliphatic hydroxyl groups is 1. The molecule has 0 aliphatic rings. The SMILES string of the molecule is COc1ccc(N[C@@H](c2ccccc2)[C@@H](O)c2ccccc2)cc1. The molecule has 2 atom stereocenters. The average molecular weight is 319 g/mol. The second-order valence-corrected chi connectivity index (χ2v) is 5.62. The lowest BCUT2D eigenvalue weighted by molar-refractivity contribution is 0.155. The van der Waals surface area contributed by atoms with E-state index in [4.69, 9.17) is 4.74 Å². The fourth-order valence-electron chi connectivity index (χ4n) is 2.71. The molecule has 3 rings (SSSR count). The molecule has 122 valence electrons. The molecule has 0 aliphatic heterocycles. The van der Waals surface area contributed by atoms with E-state index in [1.165, 1.54) is 0 Å². The van der Waals surface area contributed by atoms with Crippen LogP contribution in [0.5, 0.6) is 5.75 Å². The number of methoxy groups -OCH3 is 1. The van der Waals surface area contributed by atoms with Gasteiger partial charge in [0, 0.05) is 5.69 Å². The normalized spacial score (nSPS) is 13.1. The average Bonchev–Trinajstić information content (AvgIpc) is 2.67. The molecule has 0 spiro atoms. The van der Waals surface area contributed by atoms with Gasteiger partial charge in [0.1, 0.15) is 11.9 Å². The zero-order chi connectivity index (χ0) is 16.8. The highest BCUT2D eigenvalue weighted by atomic mass is 16.5. The van der Waals surface area contributed by atoms with Crippen LogP contribution in [0.25, 0.3) is 0 Å². The first-order valence-electron chi connectivity index (χ1n) is 7.96. The molecule has 2 N–H and O–H groups in total. The molecule has 0 unspecified atom stereocenters. The van der Waals surface area contributed by atoms with Gasteiger partial charge in [0.25, 0.3) is 0 Å². The summed E-state index contributed by atoms with van der Waals surface area (Å²) in [6.07, 6.45) is -0.657. The summed E-state index contributed by atoms with van der Waals surface area (Å²) in [5.41, 5.74) is 2.84. The second-order valence-electron chi connectivity index (χ2n) is 5.62. The fraction of sp³-hybridized carbons (Fsp3) is 0.143. The van der Waals surface area contributed by atoms with Gasteiger partial charge in [-0.2, -0.15) is 0 Å². The van der Waals surface area contributed by atoms with Gasteiger partial charge in [-0.15, -0.1) is 0 Å². The molecule has 0 saturated carbocycles. The smallest absolute Gasteiger partial charge is 0.119 e. The van der Waals surface area contributed by atoms with Crippen molar-refractivity contribution in [3.8, 4) is 5.75 Å². The maximum atomic E-state index is 10.9. The maximum Gasteiger partial charge on any atom is 0.119 e. The van der Waals surface area contributed by atoms with Gasteiger partial charge in [0.15, 0.2) is 0 Å². The van der Waals surface area contributed by atoms with Crippen molar-refractivity contribution < 1.29 is 9.84 Å². The molecule has 3 aromatic carbocycles. The molecule has 0 amide bonds. The number of rotatable bonds is 6. The molecule has 24 heavy (non-hydrogen) atoms. The highest BCUT2D eigenvalue weighted by molar-refractivity contribution is 5.49. The minimum Gasteiger partial charge on any atom is -0.497 e. The highest BCUT2D eigenvalue weighted by Gasteiger charge is 2.22. The Morgan fingerprint density at radius 2 is 1.29 bits per heavy atom. The van der Waals surface area contributed by atoms with Gasteiger partial charge < -0.3 is 15.2 Å². The summed E-state index contributed by atoms with van der Waals surface area (Å²) in [5.74, 6) is 0.806. The first-order valence-corrected chi connectivity index (χ1v) is 7.96. The van der Waals surface area contributed by atoms with E-state index in [9.17, 15) is 5.11 Å². The molecule has 0 bridgehead atoms. The molecule has 0 aliphatic carbocycles. The number of anilines is 1. The Labute approximate surface area is 142 Å². The third-order valence-electron chi connectivity index (χ3n) is 4.03. The van der Waals surface area contributed by atoms with E-state index in [-0.39, 0.29) is 6.04 Å². The molecule has 0 aromatic heterocycles. The fourth-order valence-corrected chi connectivity index (χ4v) is 2.71. The van der Waals surface area contributed by atoms with E-state index in [1.807, 2.05) is 84.9 Å². The van der Waals surface area contributed by atoms with Crippen LogP contribution in [0.15, 0.2) is 84.9 Å². The number of nitrogens with one attached hydrogen (secondary N) is 1. The van der Waals surface area contributed by atoms with Crippen molar-refractivity contribution >= 4 is 5.69 Å². The van der Waals surface area contributed by atoms with E-state index >= 15 is 0 Å². The third kappa shape index (κ3) is 3.76. The van der Waals surface area contributed by atoms with Crippen molar-refractivity contribution in [1.82, 2.24) is 0 Å². The van der Waals surface area contributed by atoms with Gasteiger partial charge in [-0.25, -0.2) is 0 Å². The van der Waals surface area contributed by atoms with E-state index in [1.54, 1.807) is 7.11 Å². The highest BCUT2D eigenvalue weighted by Crippen LogP contribution is 2.32. The van der Waals surface area contributed by atoms with Gasteiger partial charge >= 0.3 is 0 Å². The zero-order valence-corrected chi connectivity index (χ0v) is 13.6. The Balaban J connectivity index is 1.90. The van der Waals surface area contributed by atoms with Gasteiger partial charge in [-0.05, 0) is 35.4 Å². The summed E-state index contributed by atoms with van der Waals surface area (Å²) in [6, 6.07) is 27.1. The first kappa shape index (κ1) is 16.1. The summed E-state index contributed by atoms with van der Waals surface area (Å²) in [4.78, 5) is 0. The monoisotopic (exact) mass is 319 g/mol. The Hall–Kier alpha value is -2.78. The number of hydrogen-bond donors (Lipinski definition) is 2. The predicted molar refractivity (Wildman–Crippen MR) is 97.2 cm³/mol. The summed E-state index contributed by atoms with van der Waals surface area (Å²) in [5, 5.41) is 14.3. The largest absolute Gasteiger partial charge is 0.497 e. The second kappa shape index (κ2) is 7.66. The Bertz CT molecular complexity index is 742. The number of ether oxygens (including phenoxy) is 1. The van der Waals surface area contributed by atoms with Crippen LogP contribution >= 0.6 is 0 Å². The summed E-state index contributed by atoms with van der Waals surface area (Å²) in [7, 11) is 1.65. The molecule has 3 nitrogen and oxygen atoms in total. The van der Waals surface area contributed by atoms with Crippen molar-refractivity contribution in [3.05, 3.63) is 96.1 Å². The minimum atomic E-state index is -0.657. The Kier molecular flexibility index (Phi) is 5.14. The van der Waals surface area contributed by atoms with Crippen LogP contribution in [0.1, 0.15) is 23.3 Å². The van der Waals surface area contributed by atoms with Crippen LogP contribution in [0.2, 0.25) is 0 Å². The molecule has 3 aromatic rings. The molecule has 0 fully saturated rings. The minimum absolute atomic E-state index is 0.248. The van der Waals surface area contributed by atoms with Gasteiger partial charge in [0.05, 0.1) is 13.2 Å². The lowest BCUT2D eigenvalue weighted by atomic mass is 9.95. The summed E-state index contributed by atoms with van der Waals surface area (Å²) in [6.45, 7) is 0. The number of hydrogen-bond acceptors (Lipinski definition) is 3. The quantitative estimate of drug-likeness (QED) is 0.698. The van der Waals surface area contributed by atoms with E-state index in [0.717, 1.165) is 22.6 Å². The van der Waals surface area contributed by atoms with Gasteiger partial charge in [0.2, 0.25) is 0 Å². The number of aliphatic hydroxyl groups excluding tert-OH is 1. The lowest BCUT2D eigenvalue weighted by Crippen LogP contribution is -2.19. The number of benzene rings is 3. The Morgan fingerprint density at radius 1 is 0.750 bits per heavy atom. The summed E-state index contributed by atoms with van der Waals surface area (Å²) >= 11 is 0. The van der Waals surface area contributed by atoms with Gasteiger partial charge in [-0.1, -0.05) is 60.7 Å². The molecule has 3 heteroatoms. The molecule has 0 heterocycles. The topological polar surface area (TPSA) is 41.5 Å². The van der Waals surface area contributed by atoms with Gasteiger partial charge in [-0.3, -0.25) is 0 Å². The van der Waals surface area contributed by atoms with Crippen LogP contribution in [-0.2, 0) is 0 Å². The van der Waals surface area contributed by atoms with E-state index < -0.39 is 6.10 Å². The maximum absolute atomic E-state index is 10.9. The molecular formula is C21H21NO2. The van der Waals surface area contributed by atoms with Crippen molar-refractivity contribution in [2.24, 2.45) is 0 Å². The van der Waals surface area contributed by atoms with Crippen molar-refractivity contribution in [1.29, 1.82) is 0 Å². The van der Waals surface area contributed by atoms with Crippen molar-refractivity contribution in [2.45, 2.75) is 12.1 Å². The lowest BCUT2D eigenvalue weighted by Gasteiger charge is -2.26. The predicted octanol–water partition coefficient (Wildman–Crippen LogP) is 4.58. The van der Waals surface area contributed by atoms with Crippen LogP contribution in [-0.4, -0.2) is 12.2 Å². The zero-order valence-electron chi connectivity index (χ0n) is 13.6. The summed E-state index contributed by atoms with van der Waals surface area (Å²) < 4.78 is 5.20. The van der Waals surface area contributed by atoms with E-state index in [0.29, 0.717) is 0 Å². The van der Waals surface area contributed by atoms with E-state index in [2.05, 4.69) is 5.32 Å². The third-order valence-corrected chi connectivity index (χ3v) is 4.03. The Morgan fingerprint density at radius 3 is 1.83 bits per heavy atom. The van der Waals surface area contributed by atoms with Crippen LogP contribution in [0.3, 0.4) is 0 Å². The molecule has 0 saturated heterocycles. The molecular weight excluding hydrogens is 298 g/mol.